The maximum atomic E-state index is 11.6. The van der Waals surface area contributed by atoms with Gasteiger partial charge >= 0.3 is 0 Å². The second kappa shape index (κ2) is 2.95. The lowest BCUT2D eigenvalue weighted by molar-refractivity contribution is -0.132. The summed E-state index contributed by atoms with van der Waals surface area (Å²) in [5.41, 5.74) is -0.235. The smallest absolute Gasteiger partial charge is 0.235 e. The zero-order valence-electron chi connectivity index (χ0n) is 8.12. The highest BCUT2D eigenvalue weighted by molar-refractivity contribution is 6.30. The van der Waals surface area contributed by atoms with Gasteiger partial charge in [-0.1, -0.05) is 11.6 Å². The molecule has 1 aliphatic rings. The van der Waals surface area contributed by atoms with E-state index < -0.39 is 0 Å². The molecular formula is C10H11ClN2O. The monoisotopic (exact) mass is 210 g/mol. The van der Waals surface area contributed by atoms with E-state index in [1.54, 1.807) is 23.2 Å². The maximum Gasteiger partial charge on any atom is 0.235 e. The molecule has 74 valence electrons. The standard InChI is InChI=1S/C10H11ClN2O/c1-10(2)6-13(9(10)14)8-4-3-7(11)5-12-8/h3-5H,6H2,1-2H3. The number of nitrogens with zero attached hydrogens (tertiary/aromatic N) is 2. The number of amides is 1. The van der Waals surface area contributed by atoms with Crippen LogP contribution in [0.25, 0.3) is 0 Å². The normalized spacial score (nSPS) is 19.4. The summed E-state index contributed by atoms with van der Waals surface area (Å²) >= 11 is 5.70. The van der Waals surface area contributed by atoms with E-state index in [4.69, 9.17) is 11.6 Å². The Morgan fingerprint density at radius 1 is 1.50 bits per heavy atom. The van der Waals surface area contributed by atoms with Crippen LogP contribution in [0.4, 0.5) is 5.82 Å². The zero-order chi connectivity index (χ0) is 10.3. The fraction of sp³-hybridized carbons (Fsp3) is 0.400. The van der Waals surface area contributed by atoms with Gasteiger partial charge in [0.25, 0.3) is 0 Å². The van der Waals surface area contributed by atoms with E-state index in [0.717, 1.165) is 6.54 Å². The molecule has 0 bridgehead atoms. The molecule has 1 aliphatic heterocycles. The fourth-order valence-corrected chi connectivity index (χ4v) is 1.63. The van der Waals surface area contributed by atoms with Crippen LogP contribution < -0.4 is 4.90 Å². The highest BCUT2D eigenvalue weighted by Crippen LogP contribution is 2.34. The average Bonchev–Trinajstić information content (AvgIpc) is 2.16. The topological polar surface area (TPSA) is 33.2 Å². The van der Waals surface area contributed by atoms with E-state index in [-0.39, 0.29) is 11.3 Å². The van der Waals surface area contributed by atoms with E-state index in [9.17, 15) is 4.79 Å². The molecule has 0 spiro atoms. The molecular weight excluding hydrogens is 200 g/mol. The predicted molar refractivity (Wildman–Crippen MR) is 55.4 cm³/mol. The van der Waals surface area contributed by atoms with Crippen molar-refractivity contribution in [1.82, 2.24) is 4.98 Å². The number of pyridine rings is 1. The first kappa shape index (κ1) is 9.46. The van der Waals surface area contributed by atoms with Gasteiger partial charge in [0.05, 0.1) is 10.4 Å². The Morgan fingerprint density at radius 3 is 2.64 bits per heavy atom. The molecule has 14 heavy (non-hydrogen) atoms. The first-order valence-corrected chi connectivity index (χ1v) is 4.82. The third-order valence-electron chi connectivity index (χ3n) is 2.37. The van der Waals surface area contributed by atoms with Gasteiger partial charge in [0.1, 0.15) is 5.82 Å². The SMILES string of the molecule is CC1(C)CN(c2ccc(Cl)cn2)C1=O. The first-order chi connectivity index (χ1) is 6.50. The van der Waals surface area contributed by atoms with Crippen molar-refractivity contribution in [3.63, 3.8) is 0 Å². The average molecular weight is 211 g/mol. The van der Waals surface area contributed by atoms with E-state index in [1.807, 2.05) is 13.8 Å². The van der Waals surface area contributed by atoms with Gasteiger partial charge in [-0.3, -0.25) is 9.69 Å². The molecule has 0 saturated carbocycles. The molecule has 0 aliphatic carbocycles. The summed E-state index contributed by atoms with van der Waals surface area (Å²) < 4.78 is 0. The summed E-state index contributed by atoms with van der Waals surface area (Å²) in [6.45, 7) is 4.59. The highest BCUT2D eigenvalue weighted by atomic mass is 35.5. The largest absolute Gasteiger partial charge is 0.295 e. The van der Waals surface area contributed by atoms with Crippen LogP contribution in [-0.2, 0) is 4.79 Å². The van der Waals surface area contributed by atoms with Crippen LogP contribution in [0.15, 0.2) is 18.3 Å². The van der Waals surface area contributed by atoms with Crippen LogP contribution in [0.3, 0.4) is 0 Å². The highest BCUT2D eigenvalue weighted by Gasteiger charge is 2.45. The van der Waals surface area contributed by atoms with Crippen LogP contribution in [-0.4, -0.2) is 17.4 Å². The molecule has 2 rings (SSSR count). The van der Waals surface area contributed by atoms with Crippen LogP contribution in [0.5, 0.6) is 0 Å². The Hall–Kier alpha value is -1.09. The number of carbonyl (C=O) groups excluding carboxylic acids is 1. The van der Waals surface area contributed by atoms with Crippen molar-refractivity contribution in [2.24, 2.45) is 5.41 Å². The summed E-state index contributed by atoms with van der Waals surface area (Å²) in [6.07, 6.45) is 1.55. The molecule has 0 aromatic carbocycles. The molecule has 0 radical (unpaired) electrons. The van der Waals surface area contributed by atoms with E-state index in [1.165, 1.54) is 0 Å². The molecule has 4 heteroatoms. The van der Waals surface area contributed by atoms with E-state index in [0.29, 0.717) is 10.8 Å². The number of β-lactam (4-membered cyclic amide) rings is 1. The molecule has 0 N–H and O–H groups in total. The lowest BCUT2D eigenvalue weighted by Crippen LogP contribution is -2.59. The minimum atomic E-state index is -0.235. The van der Waals surface area contributed by atoms with Gasteiger partial charge in [-0.05, 0) is 26.0 Å². The summed E-state index contributed by atoms with van der Waals surface area (Å²) in [6, 6.07) is 3.50. The van der Waals surface area contributed by atoms with Gasteiger partial charge < -0.3 is 0 Å². The molecule has 0 atom stereocenters. The second-order valence-corrected chi connectivity index (χ2v) is 4.55. The van der Waals surface area contributed by atoms with Crippen LogP contribution in [0.1, 0.15) is 13.8 Å². The number of halogens is 1. The molecule has 1 aromatic heterocycles. The second-order valence-electron chi connectivity index (χ2n) is 4.11. The van der Waals surface area contributed by atoms with Gasteiger partial charge in [-0.25, -0.2) is 4.98 Å². The Morgan fingerprint density at radius 2 is 2.21 bits per heavy atom. The fourth-order valence-electron chi connectivity index (χ4n) is 1.52. The van der Waals surface area contributed by atoms with Gasteiger partial charge in [0.15, 0.2) is 0 Å². The van der Waals surface area contributed by atoms with Crippen molar-refractivity contribution >= 4 is 23.3 Å². The van der Waals surface area contributed by atoms with Crippen molar-refractivity contribution < 1.29 is 4.79 Å². The Balaban J connectivity index is 2.20. The lowest BCUT2D eigenvalue weighted by Gasteiger charge is -2.43. The number of hydrogen-bond acceptors (Lipinski definition) is 2. The molecule has 0 unspecified atom stereocenters. The number of rotatable bonds is 1. The number of anilines is 1. The molecule has 3 nitrogen and oxygen atoms in total. The van der Waals surface area contributed by atoms with E-state index >= 15 is 0 Å². The van der Waals surface area contributed by atoms with E-state index in [2.05, 4.69) is 4.98 Å². The van der Waals surface area contributed by atoms with Gasteiger partial charge in [-0.15, -0.1) is 0 Å². The molecule has 1 amide bonds. The Kier molecular flexibility index (Phi) is 2.00. The minimum absolute atomic E-state index is 0.118. The van der Waals surface area contributed by atoms with Crippen molar-refractivity contribution in [3.8, 4) is 0 Å². The molecule has 1 saturated heterocycles. The predicted octanol–water partition coefficient (Wildman–Crippen LogP) is 2.11. The van der Waals surface area contributed by atoms with Gasteiger partial charge in [0, 0.05) is 12.7 Å². The number of carbonyl (C=O) groups is 1. The summed E-state index contributed by atoms with van der Waals surface area (Å²) in [7, 11) is 0. The van der Waals surface area contributed by atoms with Crippen LogP contribution >= 0.6 is 11.6 Å². The van der Waals surface area contributed by atoms with Gasteiger partial charge in [0.2, 0.25) is 5.91 Å². The van der Waals surface area contributed by atoms with Crippen LogP contribution in [0, 0.1) is 5.41 Å². The minimum Gasteiger partial charge on any atom is -0.295 e. The molecule has 1 fully saturated rings. The Labute approximate surface area is 87.7 Å². The first-order valence-electron chi connectivity index (χ1n) is 4.44. The maximum absolute atomic E-state index is 11.6. The van der Waals surface area contributed by atoms with Crippen LogP contribution in [0.2, 0.25) is 5.02 Å². The quantitative estimate of drug-likeness (QED) is 0.666. The summed E-state index contributed by atoms with van der Waals surface area (Å²) in [5.74, 6) is 0.797. The van der Waals surface area contributed by atoms with Crippen molar-refractivity contribution in [3.05, 3.63) is 23.4 Å². The third kappa shape index (κ3) is 1.38. The summed E-state index contributed by atoms with van der Waals surface area (Å²) in [5, 5.41) is 0.584. The lowest BCUT2D eigenvalue weighted by atomic mass is 9.83. The number of aromatic nitrogens is 1. The summed E-state index contributed by atoms with van der Waals surface area (Å²) in [4.78, 5) is 17.4. The molecule has 1 aromatic rings. The van der Waals surface area contributed by atoms with Gasteiger partial charge in [-0.2, -0.15) is 0 Å². The van der Waals surface area contributed by atoms with Crippen molar-refractivity contribution in [2.45, 2.75) is 13.8 Å². The number of hydrogen-bond donors (Lipinski definition) is 0. The third-order valence-corrected chi connectivity index (χ3v) is 2.59. The Bertz CT molecular complexity index is 372. The van der Waals surface area contributed by atoms with Crippen molar-refractivity contribution in [2.75, 3.05) is 11.4 Å². The molecule has 2 heterocycles. The zero-order valence-corrected chi connectivity index (χ0v) is 8.88. The van der Waals surface area contributed by atoms with Crippen molar-refractivity contribution in [1.29, 1.82) is 0 Å².